The number of rotatable bonds is 5. The number of nitrogens with zero attached hydrogens (tertiary/aromatic N) is 5. The van der Waals surface area contributed by atoms with Gasteiger partial charge in [-0.25, -0.2) is 4.98 Å². The highest BCUT2D eigenvalue weighted by Crippen LogP contribution is 2.27. The molecule has 1 aromatic carbocycles. The number of hydrogen-bond donors (Lipinski definition) is 0. The Labute approximate surface area is 186 Å². The summed E-state index contributed by atoms with van der Waals surface area (Å²) in [6.07, 6.45) is 5.49. The van der Waals surface area contributed by atoms with Gasteiger partial charge in [0.1, 0.15) is 11.6 Å². The zero-order valence-corrected chi connectivity index (χ0v) is 18.3. The highest BCUT2D eigenvalue weighted by molar-refractivity contribution is 6.35. The van der Waals surface area contributed by atoms with Gasteiger partial charge in [0.25, 0.3) is 5.91 Å². The second-order valence-electron chi connectivity index (χ2n) is 7.49. The number of anilines is 2. The number of ether oxygens (including phenoxy) is 1. The van der Waals surface area contributed by atoms with E-state index in [1.165, 1.54) is 19.3 Å². The van der Waals surface area contributed by atoms with Gasteiger partial charge in [-0.1, -0.05) is 23.2 Å². The van der Waals surface area contributed by atoms with Crippen molar-refractivity contribution in [3.8, 4) is 5.75 Å². The highest BCUT2D eigenvalue weighted by atomic mass is 35.5. The minimum atomic E-state index is -0.0580. The number of aromatic nitrogens is 2. The second-order valence-corrected chi connectivity index (χ2v) is 8.34. The van der Waals surface area contributed by atoms with E-state index in [0.29, 0.717) is 28.9 Å². The molecular formula is C21H25Cl2N5O2. The SMILES string of the molecule is O=C(COc1ccc(Cl)cc1Cl)N1CCN(c2ccnc(N3CCCCC3)n2)CC1. The zero-order valence-electron chi connectivity index (χ0n) is 16.8. The molecule has 4 rings (SSSR count). The fourth-order valence-electron chi connectivity index (χ4n) is 3.77. The maximum Gasteiger partial charge on any atom is 0.260 e. The lowest BCUT2D eigenvalue weighted by atomic mass is 10.1. The second kappa shape index (κ2) is 9.71. The number of piperazine rings is 1. The number of carbonyl (C=O) groups excluding carboxylic acids is 1. The van der Waals surface area contributed by atoms with Gasteiger partial charge in [0.2, 0.25) is 5.95 Å². The number of carbonyl (C=O) groups is 1. The van der Waals surface area contributed by atoms with Crippen LogP contribution in [-0.2, 0) is 4.79 Å². The maximum absolute atomic E-state index is 12.5. The molecule has 0 atom stereocenters. The maximum atomic E-state index is 12.5. The third kappa shape index (κ3) is 5.08. The van der Waals surface area contributed by atoms with E-state index >= 15 is 0 Å². The molecule has 9 heteroatoms. The molecule has 1 amide bonds. The number of hydrogen-bond acceptors (Lipinski definition) is 6. The number of amides is 1. The van der Waals surface area contributed by atoms with Crippen LogP contribution in [0.25, 0.3) is 0 Å². The lowest BCUT2D eigenvalue weighted by Gasteiger charge is -2.35. The van der Waals surface area contributed by atoms with E-state index in [4.69, 9.17) is 32.9 Å². The summed E-state index contributed by atoms with van der Waals surface area (Å²) in [7, 11) is 0. The van der Waals surface area contributed by atoms with Crippen molar-refractivity contribution in [1.29, 1.82) is 0 Å². The first kappa shape index (κ1) is 21.0. The van der Waals surface area contributed by atoms with E-state index < -0.39 is 0 Å². The normalized spacial score (nSPS) is 17.2. The lowest BCUT2D eigenvalue weighted by Crippen LogP contribution is -2.50. The molecule has 3 heterocycles. The predicted octanol–water partition coefficient (Wildman–Crippen LogP) is 3.50. The Hall–Kier alpha value is -2.25. The van der Waals surface area contributed by atoms with Crippen LogP contribution >= 0.6 is 23.2 Å². The van der Waals surface area contributed by atoms with Crippen LogP contribution in [0, 0.1) is 0 Å². The monoisotopic (exact) mass is 449 g/mol. The topological polar surface area (TPSA) is 61.8 Å². The molecule has 2 fully saturated rings. The van der Waals surface area contributed by atoms with Crippen LogP contribution in [0.2, 0.25) is 10.0 Å². The van der Waals surface area contributed by atoms with Crippen molar-refractivity contribution in [2.45, 2.75) is 19.3 Å². The van der Waals surface area contributed by atoms with Gasteiger partial charge in [0.15, 0.2) is 6.61 Å². The first-order valence-electron chi connectivity index (χ1n) is 10.3. The molecule has 7 nitrogen and oxygen atoms in total. The van der Waals surface area contributed by atoms with Crippen LogP contribution in [0.5, 0.6) is 5.75 Å². The van der Waals surface area contributed by atoms with Crippen LogP contribution in [-0.4, -0.2) is 66.7 Å². The quantitative estimate of drug-likeness (QED) is 0.695. The first-order valence-corrected chi connectivity index (χ1v) is 11.0. The minimum Gasteiger partial charge on any atom is -0.482 e. The fraction of sp³-hybridized carbons (Fsp3) is 0.476. The number of benzene rings is 1. The van der Waals surface area contributed by atoms with Gasteiger partial charge >= 0.3 is 0 Å². The Kier molecular flexibility index (Phi) is 6.79. The molecule has 0 radical (unpaired) electrons. The first-order chi connectivity index (χ1) is 14.6. The predicted molar refractivity (Wildman–Crippen MR) is 119 cm³/mol. The number of halogens is 2. The molecular weight excluding hydrogens is 425 g/mol. The van der Waals surface area contributed by atoms with E-state index in [1.807, 2.05) is 17.2 Å². The van der Waals surface area contributed by atoms with Gasteiger partial charge in [0.05, 0.1) is 5.02 Å². The smallest absolute Gasteiger partial charge is 0.260 e. The molecule has 2 aromatic rings. The number of piperidine rings is 1. The Bertz CT molecular complexity index is 883. The van der Waals surface area contributed by atoms with Gasteiger partial charge in [0, 0.05) is 50.5 Å². The van der Waals surface area contributed by atoms with Crippen molar-refractivity contribution in [2.75, 3.05) is 55.7 Å². The van der Waals surface area contributed by atoms with Crippen molar-refractivity contribution >= 4 is 40.9 Å². The molecule has 1 aromatic heterocycles. The summed E-state index contributed by atoms with van der Waals surface area (Å²) >= 11 is 12.0. The van der Waals surface area contributed by atoms with E-state index in [9.17, 15) is 4.79 Å². The summed E-state index contributed by atoms with van der Waals surface area (Å²) < 4.78 is 5.58. The van der Waals surface area contributed by atoms with Gasteiger partial charge in [-0.2, -0.15) is 4.98 Å². The average molecular weight is 450 g/mol. The Balaban J connectivity index is 1.29. The van der Waals surface area contributed by atoms with Crippen molar-refractivity contribution in [1.82, 2.24) is 14.9 Å². The van der Waals surface area contributed by atoms with Gasteiger partial charge in [-0.3, -0.25) is 4.79 Å². The minimum absolute atomic E-state index is 0.0477. The average Bonchev–Trinajstić information content (AvgIpc) is 2.79. The van der Waals surface area contributed by atoms with Crippen molar-refractivity contribution in [3.05, 3.63) is 40.5 Å². The standard InChI is InChI=1S/C21H25Cl2N5O2/c22-16-4-5-18(17(23)14-16)30-15-20(29)27-12-10-26(11-13-27)19-6-7-24-21(25-19)28-8-2-1-3-9-28/h4-7,14H,1-3,8-13,15H2. The lowest BCUT2D eigenvalue weighted by molar-refractivity contribution is -0.133. The van der Waals surface area contributed by atoms with Crippen molar-refractivity contribution < 1.29 is 9.53 Å². The largest absolute Gasteiger partial charge is 0.482 e. The van der Waals surface area contributed by atoms with Crippen LogP contribution in [0.1, 0.15) is 19.3 Å². The Morgan fingerprint density at radius 3 is 2.47 bits per heavy atom. The van der Waals surface area contributed by atoms with E-state index in [-0.39, 0.29) is 12.5 Å². The van der Waals surface area contributed by atoms with Crippen LogP contribution in [0.4, 0.5) is 11.8 Å². The van der Waals surface area contributed by atoms with Gasteiger partial charge in [-0.05, 0) is 43.5 Å². The van der Waals surface area contributed by atoms with E-state index in [2.05, 4.69) is 14.8 Å². The van der Waals surface area contributed by atoms with Gasteiger partial charge in [-0.15, -0.1) is 0 Å². The molecule has 0 aliphatic carbocycles. The summed E-state index contributed by atoms with van der Waals surface area (Å²) in [6, 6.07) is 6.90. The molecule has 0 saturated carbocycles. The molecule has 30 heavy (non-hydrogen) atoms. The summed E-state index contributed by atoms with van der Waals surface area (Å²) in [5.41, 5.74) is 0. The summed E-state index contributed by atoms with van der Waals surface area (Å²) in [4.78, 5) is 28.0. The summed E-state index contributed by atoms with van der Waals surface area (Å²) in [5.74, 6) is 2.12. The van der Waals surface area contributed by atoms with Crippen LogP contribution in [0.3, 0.4) is 0 Å². The van der Waals surface area contributed by atoms with Crippen molar-refractivity contribution in [2.24, 2.45) is 0 Å². The molecule has 0 spiro atoms. The van der Waals surface area contributed by atoms with Crippen LogP contribution in [0.15, 0.2) is 30.5 Å². The fourth-order valence-corrected chi connectivity index (χ4v) is 4.23. The zero-order chi connectivity index (χ0) is 20.9. The van der Waals surface area contributed by atoms with Crippen molar-refractivity contribution in [3.63, 3.8) is 0 Å². The molecule has 0 N–H and O–H groups in total. The van der Waals surface area contributed by atoms with E-state index in [0.717, 1.165) is 37.9 Å². The molecule has 2 aliphatic heterocycles. The molecule has 2 aliphatic rings. The van der Waals surface area contributed by atoms with Crippen LogP contribution < -0.4 is 14.5 Å². The molecule has 160 valence electrons. The highest BCUT2D eigenvalue weighted by Gasteiger charge is 2.23. The van der Waals surface area contributed by atoms with E-state index in [1.54, 1.807) is 18.2 Å². The molecule has 0 unspecified atom stereocenters. The Morgan fingerprint density at radius 1 is 0.967 bits per heavy atom. The third-order valence-corrected chi connectivity index (χ3v) is 6.00. The summed E-state index contributed by atoms with van der Waals surface area (Å²) in [6.45, 7) is 4.69. The third-order valence-electron chi connectivity index (χ3n) is 5.47. The molecule has 0 bridgehead atoms. The molecule has 2 saturated heterocycles. The summed E-state index contributed by atoms with van der Waals surface area (Å²) in [5, 5.41) is 0.927. The Morgan fingerprint density at radius 2 is 1.73 bits per heavy atom. The van der Waals surface area contributed by atoms with Gasteiger partial charge < -0.3 is 19.4 Å².